The molecule has 1 aliphatic rings. The maximum Gasteiger partial charge on any atom is 0.306 e. The Morgan fingerprint density at radius 1 is 1.10 bits per heavy atom. The Morgan fingerprint density at radius 2 is 1.87 bits per heavy atom. The summed E-state index contributed by atoms with van der Waals surface area (Å²) in [4.78, 5) is 26.0. The number of carbonyl (C=O) groups excluding carboxylic acids is 2. The number of ether oxygens (including phenoxy) is 1. The molecule has 3 heterocycles. The molecule has 0 bridgehead atoms. The van der Waals surface area contributed by atoms with E-state index in [0.29, 0.717) is 19.7 Å². The number of rotatable bonds is 6. The number of aryl methyl sites for hydroxylation is 2. The number of hydrogen-bond acceptors (Lipinski definition) is 4. The zero-order valence-electron chi connectivity index (χ0n) is 17.6. The first-order valence-corrected chi connectivity index (χ1v) is 10.2. The lowest BCUT2D eigenvalue weighted by molar-refractivity contribution is -0.145. The second-order valence-corrected chi connectivity index (χ2v) is 7.60. The van der Waals surface area contributed by atoms with Crippen LogP contribution in [0.4, 0.5) is 0 Å². The third-order valence-electron chi connectivity index (χ3n) is 5.36. The van der Waals surface area contributed by atoms with Crippen molar-refractivity contribution in [2.24, 2.45) is 0 Å². The van der Waals surface area contributed by atoms with Crippen LogP contribution in [0.2, 0.25) is 0 Å². The van der Waals surface area contributed by atoms with E-state index in [4.69, 9.17) is 9.84 Å². The molecule has 3 aromatic rings. The molecule has 2 aromatic heterocycles. The van der Waals surface area contributed by atoms with Crippen molar-refractivity contribution < 1.29 is 14.3 Å². The molecule has 1 amide bonds. The zero-order chi connectivity index (χ0) is 21.3. The first-order valence-electron chi connectivity index (χ1n) is 10.2. The van der Waals surface area contributed by atoms with Gasteiger partial charge in [-0.1, -0.05) is 17.7 Å². The Bertz CT molecular complexity index is 1080. The maximum absolute atomic E-state index is 12.6. The first-order chi connectivity index (χ1) is 14.5. The molecule has 30 heavy (non-hydrogen) atoms. The molecule has 0 fully saturated rings. The highest BCUT2D eigenvalue weighted by Gasteiger charge is 2.31. The van der Waals surface area contributed by atoms with Crippen molar-refractivity contribution in [1.29, 1.82) is 0 Å². The summed E-state index contributed by atoms with van der Waals surface area (Å²) >= 11 is 0. The van der Waals surface area contributed by atoms with Crippen molar-refractivity contribution in [2.45, 2.75) is 46.7 Å². The molecule has 0 saturated carbocycles. The van der Waals surface area contributed by atoms with Crippen LogP contribution in [0.15, 0.2) is 42.7 Å². The maximum atomic E-state index is 12.6. The van der Waals surface area contributed by atoms with Crippen LogP contribution in [0.3, 0.4) is 0 Å². The van der Waals surface area contributed by atoms with Crippen LogP contribution in [0.1, 0.15) is 42.1 Å². The van der Waals surface area contributed by atoms with E-state index in [1.807, 2.05) is 33.8 Å². The second kappa shape index (κ2) is 8.18. The van der Waals surface area contributed by atoms with Crippen molar-refractivity contribution in [2.75, 3.05) is 6.61 Å². The van der Waals surface area contributed by atoms with Gasteiger partial charge in [-0.15, -0.1) is 0 Å². The van der Waals surface area contributed by atoms with Gasteiger partial charge in [-0.3, -0.25) is 9.59 Å². The third-order valence-corrected chi connectivity index (χ3v) is 5.36. The summed E-state index contributed by atoms with van der Waals surface area (Å²) in [6.07, 6.45) is 4.23. The minimum absolute atomic E-state index is 0.0578. The summed E-state index contributed by atoms with van der Waals surface area (Å²) in [6.45, 7) is 7.18. The van der Waals surface area contributed by atoms with Crippen molar-refractivity contribution in [1.82, 2.24) is 19.2 Å². The number of aromatic nitrogens is 3. The van der Waals surface area contributed by atoms with E-state index in [9.17, 15) is 9.59 Å². The van der Waals surface area contributed by atoms with Gasteiger partial charge < -0.3 is 14.2 Å². The molecule has 0 atom stereocenters. The number of esters is 1. The molecule has 7 heteroatoms. The normalized spacial score (nSPS) is 12.8. The Morgan fingerprint density at radius 3 is 2.57 bits per heavy atom. The van der Waals surface area contributed by atoms with Gasteiger partial charge in [0.15, 0.2) is 0 Å². The first kappa shape index (κ1) is 19.9. The lowest BCUT2D eigenvalue weighted by Gasteiger charge is -2.18. The van der Waals surface area contributed by atoms with Gasteiger partial charge in [0.05, 0.1) is 37.5 Å². The van der Waals surface area contributed by atoms with Crippen LogP contribution in [-0.2, 0) is 27.4 Å². The van der Waals surface area contributed by atoms with E-state index >= 15 is 0 Å². The monoisotopic (exact) mass is 406 g/mol. The minimum atomic E-state index is -0.337. The summed E-state index contributed by atoms with van der Waals surface area (Å²) in [5.74, 6) is 0.552. The van der Waals surface area contributed by atoms with E-state index in [2.05, 4.69) is 32.0 Å². The van der Waals surface area contributed by atoms with Gasteiger partial charge in [0.2, 0.25) is 5.91 Å². The fourth-order valence-corrected chi connectivity index (χ4v) is 3.93. The molecule has 0 N–H and O–H groups in total. The summed E-state index contributed by atoms with van der Waals surface area (Å²) < 4.78 is 8.94. The highest BCUT2D eigenvalue weighted by atomic mass is 16.5. The number of hydrogen-bond donors (Lipinski definition) is 0. The lowest BCUT2D eigenvalue weighted by atomic mass is 10.1. The standard InChI is InChI=1S/C23H26N4O3/c1-4-30-22(29)10-9-21(28)26-14-18-19(15-26)24-27(23(18)25-11-5-6-12-25)20-8-7-16(2)13-17(20)3/h5-8,11-13H,4,9-10,14-15H2,1-3H3. The summed E-state index contributed by atoms with van der Waals surface area (Å²) in [6, 6.07) is 10.3. The fourth-order valence-electron chi connectivity index (χ4n) is 3.93. The van der Waals surface area contributed by atoms with Gasteiger partial charge in [0.1, 0.15) is 5.82 Å². The third kappa shape index (κ3) is 3.75. The molecule has 0 saturated heterocycles. The predicted octanol–water partition coefficient (Wildman–Crippen LogP) is 3.47. The summed E-state index contributed by atoms with van der Waals surface area (Å²) in [7, 11) is 0. The lowest BCUT2D eigenvalue weighted by Crippen LogP contribution is -2.27. The van der Waals surface area contributed by atoms with Gasteiger partial charge in [-0.25, -0.2) is 4.68 Å². The van der Waals surface area contributed by atoms with Crippen LogP contribution >= 0.6 is 0 Å². The average Bonchev–Trinajstić information content (AvgIpc) is 3.42. The van der Waals surface area contributed by atoms with Crippen molar-refractivity contribution in [3.8, 4) is 11.5 Å². The Kier molecular flexibility index (Phi) is 5.44. The molecule has 0 unspecified atom stereocenters. The number of fused-ring (bicyclic) bond motifs is 1. The van der Waals surface area contributed by atoms with Crippen LogP contribution in [-0.4, -0.2) is 37.7 Å². The van der Waals surface area contributed by atoms with Gasteiger partial charge in [0.25, 0.3) is 0 Å². The summed E-state index contributed by atoms with van der Waals surface area (Å²) in [5.41, 5.74) is 5.31. The fraction of sp³-hybridized carbons (Fsp3) is 0.348. The van der Waals surface area contributed by atoms with Crippen LogP contribution in [0.5, 0.6) is 0 Å². The Labute approximate surface area is 175 Å². The van der Waals surface area contributed by atoms with E-state index in [1.54, 1.807) is 11.8 Å². The number of carbonyl (C=O) groups is 2. The Hall–Kier alpha value is -3.35. The van der Waals surface area contributed by atoms with Crippen molar-refractivity contribution in [3.05, 3.63) is 65.1 Å². The van der Waals surface area contributed by atoms with Crippen LogP contribution in [0.25, 0.3) is 11.5 Å². The predicted molar refractivity (Wildman–Crippen MR) is 112 cm³/mol. The molecule has 0 radical (unpaired) electrons. The van der Waals surface area contributed by atoms with Crippen LogP contribution < -0.4 is 0 Å². The molecule has 4 rings (SSSR count). The molecule has 156 valence electrons. The largest absolute Gasteiger partial charge is 0.466 e. The number of nitrogens with zero attached hydrogens (tertiary/aromatic N) is 4. The van der Waals surface area contributed by atoms with Gasteiger partial charge >= 0.3 is 5.97 Å². The highest BCUT2D eigenvalue weighted by molar-refractivity contribution is 5.82. The van der Waals surface area contributed by atoms with Crippen molar-refractivity contribution >= 4 is 11.9 Å². The topological polar surface area (TPSA) is 69.4 Å². The number of amides is 1. The molecule has 7 nitrogen and oxygen atoms in total. The Balaban J connectivity index is 1.63. The summed E-state index contributed by atoms with van der Waals surface area (Å²) in [5, 5.41) is 4.88. The molecule has 0 spiro atoms. The van der Waals surface area contributed by atoms with Crippen LogP contribution in [0, 0.1) is 13.8 Å². The van der Waals surface area contributed by atoms with Gasteiger partial charge in [-0.05, 0) is 44.5 Å². The van der Waals surface area contributed by atoms with Gasteiger partial charge in [-0.2, -0.15) is 5.10 Å². The SMILES string of the molecule is CCOC(=O)CCC(=O)N1Cc2nn(-c3ccc(C)cc3C)c(-n3cccc3)c2C1. The zero-order valence-corrected chi connectivity index (χ0v) is 17.6. The molecule has 1 aliphatic heterocycles. The quantitative estimate of drug-likeness (QED) is 0.588. The minimum Gasteiger partial charge on any atom is -0.466 e. The van der Waals surface area contributed by atoms with E-state index in [-0.39, 0.29) is 24.7 Å². The average molecular weight is 406 g/mol. The van der Waals surface area contributed by atoms with E-state index in [0.717, 1.165) is 28.3 Å². The molecular formula is C23H26N4O3. The van der Waals surface area contributed by atoms with E-state index < -0.39 is 0 Å². The van der Waals surface area contributed by atoms with E-state index in [1.165, 1.54) is 5.56 Å². The smallest absolute Gasteiger partial charge is 0.306 e. The molecule has 1 aromatic carbocycles. The molecule has 0 aliphatic carbocycles. The highest BCUT2D eigenvalue weighted by Crippen LogP contribution is 2.31. The van der Waals surface area contributed by atoms with Gasteiger partial charge in [0, 0.05) is 24.4 Å². The molecular weight excluding hydrogens is 380 g/mol. The van der Waals surface area contributed by atoms with Crippen molar-refractivity contribution in [3.63, 3.8) is 0 Å². The number of benzene rings is 1. The second-order valence-electron chi connectivity index (χ2n) is 7.60.